The molecule has 1 saturated carbocycles. The molecule has 28 heavy (non-hydrogen) atoms. The molecule has 2 heterocycles. The summed E-state index contributed by atoms with van der Waals surface area (Å²) in [5.41, 5.74) is 0.732. The molecule has 5 nitrogen and oxygen atoms in total. The Morgan fingerprint density at radius 3 is 2.64 bits per heavy atom. The summed E-state index contributed by atoms with van der Waals surface area (Å²) in [6, 6.07) is 5.46. The number of pyridine rings is 1. The van der Waals surface area contributed by atoms with Crippen LogP contribution in [-0.2, 0) is 17.6 Å². The number of halogens is 3. The number of rotatable bonds is 6. The summed E-state index contributed by atoms with van der Waals surface area (Å²) in [4.78, 5) is 27.6. The van der Waals surface area contributed by atoms with Crippen molar-refractivity contribution in [2.24, 2.45) is 5.41 Å². The summed E-state index contributed by atoms with van der Waals surface area (Å²) in [5.74, 6) is 0.680. The number of carbonyl (C=O) groups is 1. The van der Waals surface area contributed by atoms with Crippen molar-refractivity contribution >= 4 is 11.6 Å². The fourth-order valence-corrected chi connectivity index (χ4v) is 3.82. The van der Waals surface area contributed by atoms with Crippen LogP contribution in [0.3, 0.4) is 0 Å². The molecule has 8 heteroatoms. The summed E-state index contributed by atoms with van der Waals surface area (Å²) >= 11 is 0. The predicted molar refractivity (Wildman–Crippen MR) is 97.9 cm³/mol. The summed E-state index contributed by atoms with van der Waals surface area (Å²) in [7, 11) is 1.70. The third-order valence-electron chi connectivity index (χ3n) is 5.57. The minimum atomic E-state index is -4.32. The van der Waals surface area contributed by atoms with E-state index in [1.54, 1.807) is 24.2 Å². The van der Waals surface area contributed by atoms with Gasteiger partial charge in [0.05, 0.1) is 12.0 Å². The van der Waals surface area contributed by atoms with Crippen LogP contribution in [-0.4, -0.2) is 40.5 Å². The van der Waals surface area contributed by atoms with Crippen LogP contribution in [0.25, 0.3) is 11.5 Å². The zero-order valence-corrected chi connectivity index (χ0v) is 15.6. The molecule has 0 spiro atoms. The Morgan fingerprint density at radius 1 is 1.21 bits per heavy atom. The fraction of sp³-hybridized carbons (Fsp3) is 0.500. The number of carbonyl (C=O) groups excluding carboxylic acids is 1. The quantitative estimate of drug-likeness (QED) is 0.752. The summed E-state index contributed by atoms with van der Waals surface area (Å²) in [6.45, 7) is -0.0943. The molecule has 2 aromatic rings. The third-order valence-corrected chi connectivity index (χ3v) is 5.57. The van der Waals surface area contributed by atoms with E-state index in [-0.39, 0.29) is 19.4 Å². The largest absolute Gasteiger partial charge is 0.394 e. The highest BCUT2D eigenvalue weighted by Gasteiger charge is 2.63. The van der Waals surface area contributed by atoms with Gasteiger partial charge in [-0.05, 0) is 44.2 Å². The van der Waals surface area contributed by atoms with Gasteiger partial charge in [-0.25, -0.2) is 9.97 Å². The molecular weight excluding hydrogens is 369 g/mol. The minimum absolute atomic E-state index is 0.0404. The molecule has 0 unspecified atom stereocenters. The molecule has 2 aliphatic carbocycles. The Balaban J connectivity index is 1.56. The maximum Gasteiger partial charge on any atom is 0.394 e. The van der Waals surface area contributed by atoms with Crippen molar-refractivity contribution in [3.05, 3.63) is 35.7 Å². The Hall–Kier alpha value is -2.51. The molecule has 2 aliphatic rings. The highest BCUT2D eigenvalue weighted by Crippen LogP contribution is 2.60. The van der Waals surface area contributed by atoms with Crippen LogP contribution < -0.4 is 4.90 Å². The number of alkyl halides is 3. The molecule has 2 aromatic heterocycles. The molecule has 0 aromatic carbocycles. The number of anilines is 1. The van der Waals surface area contributed by atoms with E-state index in [0.717, 1.165) is 30.5 Å². The van der Waals surface area contributed by atoms with Crippen molar-refractivity contribution in [3.63, 3.8) is 0 Å². The van der Waals surface area contributed by atoms with Gasteiger partial charge in [0.25, 0.3) is 0 Å². The lowest BCUT2D eigenvalue weighted by Gasteiger charge is -2.23. The predicted octanol–water partition coefficient (Wildman–Crippen LogP) is 3.77. The lowest BCUT2D eigenvalue weighted by molar-refractivity contribution is -0.190. The second kappa shape index (κ2) is 6.83. The first-order valence-corrected chi connectivity index (χ1v) is 9.40. The molecule has 0 N–H and O–H groups in total. The maximum absolute atomic E-state index is 13.1. The molecular formula is C20H21F3N4O. The van der Waals surface area contributed by atoms with E-state index in [0.29, 0.717) is 17.3 Å². The summed E-state index contributed by atoms with van der Waals surface area (Å²) < 4.78 is 39.4. The average Bonchev–Trinajstić information content (AvgIpc) is 3.29. The number of nitrogens with zero attached hydrogens (tertiary/aromatic N) is 4. The van der Waals surface area contributed by atoms with Crippen molar-refractivity contribution in [2.75, 3.05) is 18.5 Å². The zero-order chi connectivity index (χ0) is 19.9. The van der Waals surface area contributed by atoms with Gasteiger partial charge in [0, 0.05) is 30.9 Å². The number of hydrogen-bond acceptors (Lipinski definition) is 5. The number of Topliss-reactive ketones (excluding diaryl/α,β-unsaturated/α-hetero) is 1. The van der Waals surface area contributed by atoms with E-state index in [4.69, 9.17) is 0 Å². The zero-order valence-electron chi connectivity index (χ0n) is 15.6. The highest BCUT2D eigenvalue weighted by atomic mass is 19.4. The smallest absolute Gasteiger partial charge is 0.352 e. The SMILES string of the molecule is CN(CC(=O)CC1(C(F)(F)F)CC1)c1nc(-c2ccccn2)nc2c1CCC2. The van der Waals surface area contributed by atoms with E-state index in [1.165, 1.54) is 0 Å². The molecule has 0 saturated heterocycles. The molecule has 148 valence electrons. The number of ketones is 1. The van der Waals surface area contributed by atoms with Crippen LogP contribution in [0.1, 0.15) is 36.9 Å². The van der Waals surface area contributed by atoms with Crippen LogP contribution in [0.4, 0.5) is 19.0 Å². The fourth-order valence-electron chi connectivity index (χ4n) is 3.82. The topological polar surface area (TPSA) is 59.0 Å². The standard InChI is InChI=1S/C20H21F3N4O/c1-27(12-13(28)11-19(8-9-19)20(21,22)23)18-14-5-4-7-15(14)25-17(26-18)16-6-2-3-10-24-16/h2-3,6,10H,4-5,7-9,11-12H2,1H3. The van der Waals surface area contributed by atoms with Gasteiger partial charge >= 0.3 is 6.18 Å². The first kappa shape index (κ1) is 18.8. The molecule has 0 aliphatic heterocycles. The minimum Gasteiger partial charge on any atom is -0.352 e. The first-order chi connectivity index (χ1) is 13.3. The van der Waals surface area contributed by atoms with Crippen molar-refractivity contribution < 1.29 is 18.0 Å². The Bertz CT molecular complexity index is 894. The molecule has 0 atom stereocenters. The van der Waals surface area contributed by atoms with Gasteiger partial charge in [0.2, 0.25) is 0 Å². The van der Waals surface area contributed by atoms with Crippen LogP contribution >= 0.6 is 0 Å². The van der Waals surface area contributed by atoms with Crippen molar-refractivity contribution in [1.29, 1.82) is 0 Å². The van der Waals surface area contributed by atoms with Crippen LogP contribution in [0.5, 0.6) is 0 Å². The second-order valence-corrected chi connectivity index (χ2v) is 7.71. The van der Waals surface area contributed by atoms with Gasteiger partial charge in [0.1, 0.15) is 11.5 Å². The number of likely N-dealkylation sites (N-methyl/N-ethyl adjacent to an activating group) is 1. The van der Waals surface area contributed by atoms with Crippen LogP contribution in [0, 0.1) is 5.41 Å². The Labute approximate surface area is 161 Å². The van der Waals surface area contributed by atoms with Crippen molar-refractivity contribution in [3.8, 4) is 11.5 Å². The number of fused-ring (bicyclic) bond motifs is 1. The van der Waals surface area contributed by atoms with Gasteiger partial charge < -0.3 is 4.90 Å². The molecule has 0 amide bonds. The highest BCUT2D eigenvalue weighted by molar-refractivity contribution is 5.84. The second-order valence-electron chi connectivity index (χ2n) is 7.71. The van der Waals surface area contributed by atoms with Crippen LogP contribution in [0.15, 0.2) is 24.4 Å². The normalized spacial score (nSPS) is 17.3. The van der Waals surface area contributed by atoms with Gasteiger partial charge in [-0.3, -0.25) is 9.78 Å². The van der Waals surface area contributed by atoms with Gasteiger partial charge in [-0.15, -0.1) is 0 Å². The van der Waals surface area contributed by atoms with Crippen LogP contribution in [0.2, 0.25) is 0 Å². The number of hydrogen-bond donors (Lipinski definition) is 0. The molecule has 0 radical (unpaired) electrons. The van der Waals surface area contributed by atoms with E-state index in [2.05, 4.69) is 15.0 Å². The lowest BCUT2D eigenvalue weighted by Crippen LogP contribution is -2.33. The van der Waals surface area contributed by atoms with E-state index in [9.17, 15) is 18.0 Å². The summed E-state index contributed by atoms with van der Waals surface area (Å²) in [6.07, 6.45) is -0.462. The Kier molecular flexibility index (Phi) is 4.59. The monoisotopic (exact) mass is 390 g/mol. The first-order valence-electron chi connectivity index (χ1n) is 9.40. The van der Waals surface area contributed by atoms with Gasteiger partial charge in [-0.1, -0.05) is 6.07 Å². The Morgan fingerprint density at radius 2 is 2.00 bits per heavy atom. The molecule has 4 rings (SSSR count). The van der Waals surface area contributed by atoms with Crippen molar-refractivity contribution in [1.82, 2.24) is 15.0 Å². The van der Waals surface area contributed by atoms with Gasteiger partial charge in [-0.2, -0.15) is 13.2 Å². The summed E-state index contributed by atoms with van der Waals surface area (Å²) in [5, 5.41) is 0. The van der Waals surface area contributed by atoms with E-state index >= 15 is 0 Å². The maximum atomic E-state index is 13.1. The van der Waals surface area contributed by atoms with E-state index in [1.807, 2.05) is 12.1 Å². The van der Waals surface area contributed by atoms with Crippen molar-refractivity contribution in [2.45, 2.75) is 44.7 Å². The number of aromatic nitrogens is 3. The lowest BCUT2D eigenvalue weighted by atomic mass is 9.98. The third kappa shape index (κ3) is 3.47. The number of aryl methyl sites for hydroxylation is 1. The van der Waals surface area contributed by atoms with Gasteiger partial charge in [0.15, 0.2) is 11.6 Å². The average molecular weight is 390 g/mol. The van der Waals surface area contributed by atoms with E-state index < -0.39 is 23.8 Å². The molecule has 0 bridgehead atoms. The molecule has 1 fully saturated rings.